The Balaban J connectivity index is 0.738. The topological polar surface area (TPSA) is 168 Å². The lowest BCUT2D eigenvalue weighted by atomic mass is 9.46. The van der Waals surface area contributed by atoms with Crippen LogP contribution in [0.5, 0.6) is 0 Å². The van der Waals surface area contributed by atoms with E-state index in [1.807, 2.05) is 20.8 Å². The monoisotopic (exact) mass is 967 g/mol. The number of cyclic esters (lactones) is 1. The molecule has 8 aliphatic carbocycles. The van der Waals surface area contributed by atoms with Crippen molar-refractivity contribution in [1.82, 2.24) is 10.6 Å². The van der Waals surface area contributed by atoms with Gasteiger partial charge in [0.05, 0.1) is 18.3 Å². The highest BCUT2D eigenvalue weighted by Crippen LogP contribution is 2.80. The summed E-state index contributed by atoms with van der Waals surface area (Å²) in [5.41, 5.74) is 1.22. The van der Waals surface area contributed by atoms with Crippen molar-refractivity contribution in [2.24, 2.45) is 51.8 Å². The van der Waals surface area contributed by atoms with Gasteiger partial charge in [-0.1, -0.05) is 78.8 Å². The number of hydrogen-bond acceptors (Lipinski definition) is 10. The van der Waals surface area contributed by atoms with Crippen LogP contribution in [0.15, 0.2) is 58.7 Å². The maximum atomic E-state index is 14.5. The van der Waals surface area contributed by atoms with E-state index in [0.717, 1.165) is 68.1 Å². The Labute approximate surface area is 416 Å². The van der Waals surface area contributed by atoms with Crippen molar-refractivity contribution >= 4 is 18.2 Å². The molecule has 2 amide bonds. The average Bonchev–Trinajstić information content (AvgIpc) is 4.23. The number of esters is 1. The van der Waals surface area contributed by atoms with Gasteiger partial charge in [0.2, 0.25) is 0 Å². The fourth-order valence-electron chi connectivity index (χ4n) is 17.5. The summed E-state index contributed by atoms with van der Waals surface area (Å²) in [6, 6.07) is -0.252. The van der Waals surface area contributed by atoms with Gasteiger partial charge in [-0.15, -0.1) is 0 Å². The number of carbonyl (C=O) groups excluding carboxylic acids is 3. The third-order valence-corrected chi connectivity index (χ3v) is 21.0. The Morgan fingerprint density at radius 2 is 1.66 bits per heavy atom. The number of alkyl carbamates (subject to hydrolysis) is 2. The molecule has 7 saturated carbocycles. The minimum atomic E-state index is -1.39. The van der Waals surface area contributed by atoms with Gasteiger partial charge in [0, 0.05) is 29.0 Å². The van der Waals surface area contributed by atoms with Gasteiger partial charge in [0.1, 0.15) is 23.9 Å². The van der Waals surface area contributed by atoms with Gasteiger partial charge in [0.15, 0.2) is 11.7 Å². The van der Waals surface area contributed by atoms with E-state index in [0.29, 0.717) is 62.4 Å². The fraction of sp³-hybridized carbons (Fsp3) is 0.776. The summed E-state index contributed by atoms with van der Waals surface area (Å²) in [5, 5.41) is 29.5. The summed E-state index contributed by atoms with van der Waals surface area (Å²) in [5.74, 6) is 1.34. The molecule has 4 N–H and O–H groups in total. The summed E-state index contributed by atoms with van der Waals surface area (Å²) in [6.07, 6.45) is 20.8. The zero-order valence-electron chi connectivity index (χ0n) is 43.3. The van der Waals surface area contributed by atoms with Gasteiger partial charge in [0.25, 0.3) is 0 Å². The van der Waals surface area contributed by atoms with Crippen molar-refractivity contribution in [2.75, 3.05) is 6.61 Å². The summed E-state index contributed by atoms with van der Waals surface area (Å²) >= 11 is 0. The molecule has 3 aliphatic heterocycles. The third-order valence-electron chi connectivity index (χ3n) is 21.0. The number of carbonyl (C=O) groups is 3. The Kier molecular flexibility index (Phi) is 11.7. The van der Waals surface area contributed by atoms with Gasteiger partial charge in [-0.3, -0.25) is 0 Å². The van der Waals surface area contributed by atoms with Crippen LogP contribution in [0.4, 0.5) is 9.59 Å². The molecule has 3 heterocycles. The molecule has 0 aromatic carbocycles. The first kappa shape index (κ1) is 48.8. The molecule has 0 bridgehead atoms. The Hall–Kier alpha value is -3.45. The SMILES string of the molecule is C=C1/C(=C\C=C2/CCC[C@@]3(C)C2CCC3[C@@H](C)/C=C/C(OC(=O)NC2CC(C)(C)CC(C)(NC(=O)O[C@H]3[C@]45O[C@H]4CC4C6=C(CC[C@]4(C)[C@@]54O[C@H]4C[C@@]3(O)C(C)C)C(=O)OC6)C2)C2CC2)CCC[C@@H]1O. The summed E-state index contributed by atoms with van der Waals surface area (Å²) in [7, 11) is 0. The maximum Gasteiger partial charge on any atom is 0.408 e. The predicted molar refractivity (Wildman–Crippen MR) is 264 cm³/mol. The number of aliphatic hydroxyl groups excluding tert-OH is 1. The van der Waals surface area contributed by atoms with Crippen LogP contribution in [0, 0.1) is 51.8 Å². The van der Waals surface area contributed by atoms with Crippen molar-refractivity contribution < 1.29 is 48.3 Å². The number of ether oxygens (including phenoxy) is 5. The number of amides is 2. The van der Waals surface area contributed by atoms with Crippen molar-refractivity contribution in [3.8, 4) is 0 Å². The molecule has 0 aromatic heterocycles. The molecule has 2 saturated heterocycles. The summed E-state index contributed by atoms with van der Waals surface area (Å²) in [4.78, 5) is 41.0. The first-order chi connectivity index (χ1) is 33.1. The van der Waals surface area contributed by atoms with E-state index in [1.54, 1.807) is 5.57 Å². The molecular formula is C58H82N2O10. The molecule has 16 atom stereocenters. The molecule has 0 aromatic rings. The first-order valence-electron chi connectivity index (χ1n) is 27.4. The fourth-order valence-corrected chi connectivity index (χ4v) is 17.5. The molecule has 12 nitrogen and oxygen atoms in total. The number of allylic oxidation sites excluding steroid dienone is 4. The lowest BCUT2D eigenvalue weighted by molar-refractivity contribution is -0.180. The smallest absolute Gasteiger partial charge is 0.408 e. The van der Waals surface area contributed by atoms with E-state index in [1.165, 1.54) is 31.3 Å². The highest BCUT2D eigenvalue weighted by atomic mass is 16.7. The Bertz CT molecular complexity index is 2330. The zero-order valence-corrected chi connectivity index (χ0v) is 43.3. The number of rotatable bonds is 10. The molecule has 2 spiro atoms. The van der Waals surface area contributed by atoms with Crippen LogP contribution in [0.25, 0.3) is 0 Å². The maximum absolute atomic E-state index is 14.5. The number of hydrogen-bond donors (Lipinski definition) is 4. The second-order valence-corrected chi connectivity index (χ2v) is 26.4. The largest absolute Gasteiger partial charge is 0.458 e. The van der Waals surface area contributed by atoms with E-state index >= 15 is 0 Å². The van der Waals surface area contributed by atoms with E-state index in [2.05, 4.69) is 76.1 Å². The second kappa shape index (κ2) is 16.8. The highest BCUT2D eigenvalue weighted by Gasteiger charge is 2.95. The number of aliphatic hydroxyl groups is 2. The Morgan fingerprint density at radius 1 is 0.871 bits per heavy atom. The minimum absolute atomic E-state index is 0.0443. The normalized spacial score (nSPS) is 46.5. The zero-order chi connectivity index (χ0) is 49.6. The summed E-state index contributed by atoms with van der Waals surface area (Å²) in [6.45, 7) is 21.9. The lowest BCUT2D eigenvalue weighted by Crippen LogP contribution is -2.72. The molecular weight excluding hydrogens is 885 g/mol. The molecule has 9 fully saturated rings. The number of epoxide rings is 2. The molecule has 12 heteroatoms. The molecule has 0 radical (unpaired) electrons. The van der Waals surface area contributed by atoms with Crippen LogP contribution in [0.3, 0.4) is 0 Å². The number of nitrogens with one attached hydrogen (secondary N) is 2. The van der Waals surface area contributed by atoms with E-state index in [9.17, 15) is 24.6 Å². The third kappa shape index (κ3) is 7.65. The van der Waals surface area contributed by atoms with Gasteiger partial charge < -0.3 is 44.5 Å². The molecule has 11 rings (SSSR count). The first-order valence-corrected chi connectivity index (χ1v) is 27.4. The highest BCUT2D eigenvalue weighted by molar-refractivity contribution is 5.92. The van der Waals surface area contributed by atoms with Crippen molar-refractivity contribution in [3.05, 3.63) is 58.7 Å². The lowest BCUT2D eigenvalue weighted by Gasteiger charge is -2.56. The van der Waals surface area contributed by atoms with Gasteiger partial charge in [-0.05, 0) is 179 Å². The van der Waals surface area contributed by atoms with Crippen molar-refractivity contribution in [1.29, 1.82) is 0 Å². The second-order valence-electron chi connectivity index (χ2n) is 26.4. The summed E-state index contributed by atoms with van der Waals surface area (Å²) < 4.78 is 32.0. The van der Waals surface area contributed by atoms with Crippen LogP contribution in [-0.4, -0.2) is 93.9 Å². The quantitative estimate of drug-likeness (QED) is 0.0716. The van der Waals surface area contributed by atoms with Crippen molar-refractivity contribution in [3.63, 3.8) is 0 Å². The standard InChI is InChI=1S/C58H82N2O10/c1-32(2)56(65)29-47-58(70-47)55(9)25-23-39-40(30-66-48(39)62)43(55)26-46-57(58,69-46)49(56)68-51(64)60-53(7)28-38(27-52(5,6)31-53)59-50(63)67-45(37-18-19-37)22-15-33(3)41-20-21-42-36(13-11-24-54(41,42)8)17-16-35-12-10-14-44(61)34(35)4/h15-17,22,32-33,37-38,41-47,49,61,65H,4,10-14,18-21,23-31H2,1-3,5-9H3,(H,59,63)(H,60,64)/b22-15+,35-16-,36-17+/t33-,38?,41?,42?,43?,44-,45?,46-,47-,49+,53?,54+,55-,56+,57+,58+/m0/s1. The number of fused-ring (bicyclic) bond motifs is 3. The molecule has 384 valence electrons. The van der Waals surface area contributed by atoms with Gasteiger partial charge >= 0.3 is 18.2 Å². The van der Waals surface area contributed by atoms with Crippen LogP contribution >= 0.6 is 0 Å². The minimum Gasteiger partial charge on any atom is -0.458 e. The van der Waals surface area contributed by atoms with E-state index in [4.69, 9.17) is 23.7 Å². The van der Waals surface area contributed by atoms with Crippen LogP contribution < -0.4 is 10.6 Å². The Morgan fingerprint density at radius 3 is 2.41 bits per heavy atom. The van der Waals surface area contributed by atoms with Crippen LogP contribution in [0.1, 0.15) is 165 Å². The van der Waals surface area contributed by atoms with Crippen LogP contribution in [-0.2, 0) is 28.5 Å². The molecule has 70 heavy (non-hydrogen) atoms. The van der Waals surface area contributed by atoms with Crippen LogP contribution in [0.2, 0.25) is 0 Å². The van der Waals surface area contributed by atoms with E-state index < -0.39 is 46.7 Å². The average molecular weight is 967 g/mol. The molecule has 6 unspecified atom stereocenters. The predicted octanol–water partition coefficient (Wildman–Crippen LogP) is 10.0. The van der Waals surface area contributed by atoms with Gasteiger partial charge in [-0.25, -0.2) is 14.4 Å². The molecule has 11 aliphatic rings. The van der Waals surface area contributed by atoms with Gasteiger partial charge in [-0.2, -0.15) is 0 Å². The van der Waals surface area contributed by atoms with Crippen molar-refractivity contribution in [2.45, 2.75) is 223 Å². The van der Waals surface area contributed by atoms with E-state index in [-0.39, 0.29) is 58.4 Å².